The molecule has 0 fully saturated rings. The molecule has 2 aromatic heterocycles. The summed E-state index contributed by atoms with van der Waals surface area (Å²) >= 11 is 1.43. The molecule has 0 atom stereocenters. The molecule has 2 heterocycles. The molecule has 0 bridgehead atoms. The van der Waals surface area contributed by atoms with Crippen LogP contribution in [0.2, 0.25) is 0 Å². The number of nitrogens with zero attached hydrogens (tertiary/aromatic N) is 1. The number of ether oxygens (including phenoxy) is 1. The first kappa shape index (κ1) is 18.7. The molecule has 27 heavy (non-hydrogen) atoms. The van der Waals surface area contributed by atoms with Crippen molar-refractivity contribution >= 4 is 28.8 Å². The minimum atomic E-state index is -0.192. The standard InChI is InChI=1S/C19H19N3O4S/c1-2-20-18(24)11-26-15-6-3-5-13(9-15)21-17(23)10-14-12-27-19(22-14)16-7-4-8-25-16/h3-9,12H,2,10-11H2,1H3,(H,20,24)(H,21,23). The maximum absolute atomic E-state index is 12.3. The van der Waals surface area contributed by atoms with E-state index in [4.69, 9.17) is 9.15 Å². The topological polar surface area (TPSA) is 93.5 Å². The van der Waals surface area contributed by atoms with Gasteiger partial charge in [-0.3, -0.25) is 9.59 Å². The molecule has 0 saturated carbocycles. The van der Waals surface area contributed by atoms with Gasteiger partial charge in [0.25, 0.3) is 5.91 Å². The summed E-state index contributed by atoms with van der Waals surface area (Å²) in [5.41, 5.74) is 1.27. The Morgan fingerprint density at radius 3 is 2.89 bits per heavy atom. The van der Waals surface area contributed by atoms with E-state index in [9.17, 15) is 9.59 Å². The molecule has 0 spiro atoms. The molecule has 0 aliphatic rings. The van der Waals surface area contributed by atoms with Crippen LogP contribution in [0.15, 0.2) is 52.5 Å². The zero-order valence-corrected chi connectivity index (χ0v) is 15.5. The van der Waals surface area contributed by atoms with Crippen molar-refractivity contribution in [2.75, 3.05) is 18.5 Å². The van der Waals surface area contributed by atoms with Gasteiger partial charge in [0.15, 0.2) is 17.4 Å². The molecule has 0 saturated heterocycles. The fourth-order valence-corrected chi connectivity index (χ4v) is 3.12. The van der Waals surface area contributed by atoms with E-state index in [2.05, 4.69) is 15.6 Å². The molecule has 0 radical (unpaired) electrons. The Labute approximate surface area is 160 Å². The summed E-state index contributed by atoms with van der Waals surface area (Å²) in [6.45, 7) is 2.32. The Bertz CT molecular complexity index is 905. The van der Waals surface area contributed by atoms with E-state index in [0.717, 1.165) is 5.01 Å². The average Bonchev–Trinajstić information content (AvgIpc) is 3.32. The highest BCUT2D eigenvalue weighted by molar-refractivity contribution is 7.13. The van der Waals surface area contributed by atoms with Gasteiger partial charge in [-0.1, -0.05) is 6.07 Å². The highest BCUT2D eigenvalue weighted by Gasteiger charge is 2.11. The second-order valence-corrected chi connectivity index (χ2v) is 6.47. The number of likely N-dealkylation sites (N-methyl/N-ethyl adjacent to an activating group) is 1. The monoisotopic (exact) mass is 385 g/mol. The van der Waals surface area contributed by atoms with Crippen LogP contribution in [-0.2, 0) is 16.0 Å². The van der Waals surface area contributed by atoms with Crippen LogP contribution in [0.1, 0.15) is 12.6 Å². The van der Waals surface area contributed by atoms with Gasteiger partial charge in [0, 0.05) is 23.7 Å². The number of carbonyl (C=O) groups excluding carboxylic acids is 2. The molecular formula is C19H19N3O4S. The summed E-state index contributed by atoms with van der Waals surface area (Å²) in [6, 6.07) is 10.5. The SMILES string of the molecule is CCNC(=O)COc1cccc(NC(=O)Cc2csc(-c3ccco3)n2)c1. The van der Waals surface area contributed by atoms with Gasteiger partial charge in [0.1, 0.15) is 5.75 Å². The van der Waals surface area contributed by atoms with Gasteiger partial charge in [-0.25, -0.2) is 4.98 Å². The Morgan fingerprint density at radius 1 is 1.22 bits per heavy atom. The summed E-state index contributed by atoms with van der Waals surface area (Å²) in [5.74, 6) is 0.812. The zero-order valence-electron chi connectivity index (χ0n) is 14.7. The third-order valence-corrected chi connectivity index (χ3v) is 4.39. The number of rotatable bonds is 8. The van der Waals surface area contributed by atoms with Gasteiger partial charge in [-0.2, -0.15) is 0 Å². The molecule has 0 aliphatic carbocycles. The number of furan rings is 1. The van der Waals surface area contributed by atoms with Crippen molar-refractivity contribution in [2.45, 2.75) is 13.3 Å². The molecule has 140 valence electrons. The Balaban J connectivity index is 1.55. The molecular weight excluding hydrogens is 366 g/mol. The highest BCUT2D eigenvalue weighted by Crippen LogP contribution is 2.24. The lowest BCUT2D eigenvalue weighted by molar-refractivity contribution is -0.123. The van der Waals surface area contributed by atoms with Crippen LogP contribution in [-0.4, -0.2) is 29.9 Å². The zero-order chi connectivity index (χ0) is 19.1. The largest absolute Gasteiger partial charge is 0.484 e. The molecule has 1 aromatic carbocycles. The number of anilines is 1. The first-order valence-electron chi connectivity index (χ1n) is 8.41. The van der Waals surface area contributed by atoms with Crippen molar-refractivity contribution in [3.63, 3.8) is 0 Å². The fraction of sp³-hybridized carbons (Fsp3) is 0.211. The van der Waals surface area contributed by atoms with Gasteiger partial charge in [0.2, 0.25) is 5.91 Å². The van der Waals surface area contributed by atoms with Crippen LogP contribution >= 0.6 is 11.3 Å². The van der Waals surface area contributed by atoms with E-state index in [1.807, 2.05) is 18.4 Å². The van der Waals surface area contributed by atoms with Crippen molar-refractivity contribution in [3.8, 4) is 16.5 Å². The minimum Gasteiger partial charge on any atom is -0.484 e. The van der Waals surface area contributed by atoms with E-state index in [1.54, 1.807) is 36.6 Å². The number of hydrogen-bond donors (Lipinski definition) is 2. The summed E-state index contributed by atoms with van der Waals surface area (Å²) in [6.07, 6.45) is 1.74. The molecule has 3 rings (SSSR count). The highest BCUT2D eigenvalue weighted by atomic mass is 32.1. The number of benzene rings is 1. The lowest BCUT2D eigenvalue weighted by Gasteiger charge is -2.09. The summed E-state index contributed by atoms with van der Waals surface area (Å²) in [5, 5.41) is 8.04. The molecule has 7 nitrogen and oxygen atoms in total. The van der Waals surface area contributed by atoms with Crippen LogP contribution in [0.4, 0.5) is 5.69 Å². The van der Waals surface area contributed by atoms with Gasteiger partial charge in [0.05, 0.1) is 18.4 Å². The Morgan fingerprint density at radius 2 is 2.11 bits per heavy atom. The lowest BCUT2D eigenvalue weighted by atomic mass is 10.2. The quantitative estimate of drug-likeness (QED) is 0.621. The van der Waals surface area contributed by atoms with Crippen molar-refractivity contribution in [1.29, 1.82) is 0 Å². The molecule has 0 aliphatic heterocycles. The smallest absolute Gasteiger partial charge is 0.257 e. The Kier molecular flexibility index (Phi) is 6.22. The number of nitrogens with one attached hydrogen (secondary N) is 2. The van der Waals surface area contributed by atoms with E-state index in [-0.39, 0.29) is 24.8 Å². The van der Waals surface area contributed by atoms with Crippen LogP contribution in [0.5, 0.6) is 5.75 Å². The van der Waals surface area contributed by atoms with E-state index >= 15 is 0 Å². The molecule has 0 unspecified atom stereocenters. The molecule has 2 amide bonds. The van der Waals surface area contributed by atoms with Crippen LogP contribution < -0.4 is 15.4 Å². The second kappa shape index (κ2) is 9.00. The van der Waals surface area contributed by atoms with Crippen molar-refractivity contribution in [3.05, 3.63) is 53.7 Å². The van der Waals surface area contributed by atoms with Crippen LogP contribution in [0, 0.1) is 0 Å². The first-order chi connectivity index (χ1) is 13.1. The lowest BCUT2D eigenvalue weighted by Crippen LogP contribution is -2.28. The van der Waals surface area contributed by atoms with Crippen LogP contribution in [0.3, 0.4) is 0 Å². The number of hydrogen-bond acceptors (Lipinski definition) is 6. The van der Waals surface area contributed by atoms with Crippen molar-refractivity contribution < 1.29 is 18.7 Å². The third kappa shape index (κ3) is 5.42. The van der Waals surface area contributed by atoms with Gasteiger partial charge < -0.3 is 19.8 Å². The van der Waals surface area contributed by atoms with Gasteiger partial charge >= 0.3 is 0 Å². The average molecular weight is 385 g/mol. The number of carbonyl (C=O) groups is 2. The van der Waals surface area contributed by atoms with Crippen molar-refractivity contribution in [1.82, 2.24) is 10.3 Å². The number of amides is 2. The first-order valence-corrected chi connectivity index (χ1v) is 9.29. The Hall–Kier alpha value is -3.13. The van der Waals surface area contributed by atoms with Gasteiger partial charge in [-0.15, -0.1) is 11.3 Å². The second-order valence-electron chi connectivity index (χ2n) is 5.62. The van der Waals surface area contributed by atoms with Gasteiger partial charge in [-0.05, 0) is 31.2 Å². The predicted octanol–water partition coefficient (Wildman–Crippen LogP) is 3.10. The molecule has 3 aromatic rings. The third-order valence-electron chi connectivity index (χ3n) is 3.49. The normalized spacial score (nSPS) is 10.4. The molecule has 2 N–H and O–H groups in total. The minimum absolute atomic E-state index is 0.0698. The van der Waals surface area contributed by atoms with E-state index in [0.29, 0.717) is 29.4 Å². The van der Waals surface area contributed by atoms with Crippen LogP contribution in [0.25, 0.3) is 10.8 Å². The summed E-state index contributed by atoms with van der Waals surface area (Å²) in [7, 11) is 0. The summed E-state index contributed by atoms with van der Waals surface area (Å²) < 4.78 is 10.7. The predicted molar refractivity (Wildman–Crippen MR) is 103 cm³/mol. The van der Waals surface area contributed by atoms with E-state index in [1.165, 1.54) is 11.3 Å². The summed E-state index contributed by atoms with van der Waals surface area (Å²) in [4.78, 5) is 28.1. The maximum Gasteiger partial charge on any atom is 0.257 e. The molecule has 8 heteroatoms. The fourth-order valence-electron chi connectivity index (χ4n) is 2.33. The van der Waals surface area contributed by atoms with E-state index < -0.39 is 0 Å². The maximum atomic E-state index is 12.3. The van der Waals surface area contributed by atoms with Crippen molar-refractivity contribution in [2.24, 2.45) is 0 Å². The number of thiazole rings is 1. The number of aromatic nitrogens is 1.